The third-order valence-corrected chi connectivity index (χ3v) is 3.69. The summed E-state index contributed by atoms with van der Waals surface area (Å²) in [5.74, 6) is 0. The van der Waals surface area contributed by atoms with E-state index >= 15 is 0 Å². The van der Waals surface area contributed by atoms with E-state index in [4.69, 9.17) is 15.2 Å². The molecule has 3 unspecified atom stereocenters. The van der Waals surface area contributed by atoms with Gasteiger partial charge in [0.15, 0.2) is 0 Å². The number of hydrogen-bond acceptors (Lipinski definition) is 4. The van der Waals surface area contributed by atoms with Gasteiger partial charge in [-0.15, -0.1) is 0 Å². The summed E-state index contributed by atoms with van der Waals surface area (Å²) < 4.78 is 11.2. The lowest BCUT2D eigenvalue weighted by molar-refractivity contribution is -0.0636. The fourth-order valence-corrected chi connectivity index (χ4v) is 2.86. The third-order valence-electron chi connectivity index (χ3n) is 3.69. The van der Waals surface area contributed by atoms with Gasteiger partial charge in [0, 0.05) is 26.2 Å². The van der Waals surface area contributed by atoms with E-state index in [1.165, 1.54) is 12.8 Å². The molecule has 2 heterocycles. The monoisotopic (exact) mass is 228 g/mol. The average Bonchev–Trinajstić information content (AvgIpc) is 2.63. The van der Waals surface area contributed by atoms with Crippen molar-refractivity contribution in [1.29, 1.82) is 0 Å². The zero-order chi connectivity index (χ0) is 11.4. The molecular formula is C12H24N2O2. The van der Waals surface area contributed by atoms with E-state index in [2.05, 4.69) is 4.90 Å². The summed E-state index contributed by atoms with van der Waals surface area (Å²) in [6, 6.07) is 0.528. The SMILES string of the molecule is COCC(CCCN)N1CC2CCC(C1)O2. The summed E-state index contributed by atoms with van der Waals surface area (Å²) >= 11 is 0. The molecule has 0 aromatic rings. The van der Waals surface area contributed by atoms with Crippen LogP contribution in [0.3, 0.4) is 0 Å². The molecule has 2 fully saturated rings. The van der Waals surface area contributed by atoms with Crippen molar-refractivity contribution in [3.63, 3.8) is 0 Å². The molecule has 0 spiro atoms. The van der Waals surface area contributed by atoms with Gasteiger partial charge < -0.3 is 15.2 Å². The Hall–Kier alpha value is -0.160. The highest BCUT2D eigenvalue weighted by atomic mass is 16.5. The van der Waals surface area contributed by atoms with Gasteiger partial charge in [-0.3, -0.25) is 4.90 Å². The van der Waals surface area contributed by atoms with Crippen molar-refractivity contribution in [2.24, 2.45) is 5.73 Å². The number of nitrogens with zero attached hydrogens (tertiary/aromatic N) is 1. The molecule has 0 aromatic carbocycles. The molecule has 3 atom stereocenters. The number of likely N-dealkylation sites (tertiary alicyclic amines) is 1. The molecule has 2 rings (SSSR count). The van der Waals surface area contributed by atoms with Crippen LogP contribution in [-0.2, 0) is 9.47 Å². The van der Waals surface area contributed by atoms with E-state index in [0.29, 0.717) is 18.2 Å². The minimum atomic E-state index is 0.469. The molecule has 94 valence electrons. The molecule has 0 radical (unpaired) electrons. The number of morpholine rings is 1. The van der Waals surface area contributed by atoms with Gasteiger partial charge in [-0.2, -0.15) is 0 Å². The Morgan fingerprint density at radius 1 is 1.38 bits per heavy atom. The maximum atomic E-state index is 5.85. The molecule has 2 aliphatic heterocycles. The standard InChI is InChI=1S/C12H24N2O2/c1-15-9-10(3-2-6-13)14-7-11-4-5-12(8-14)16-11/h10-12H,2-9,13H2,1H3. The number of hydrogen-bond donors (Lipinski definition) is 1. The summed E-state index contributed by atoms with van der Waals surface area (Å²) in [6.45, 7) is 3.75. The van der Waals surface area contributed by atoms with Crippen LogP contribution in [0.1, 0.15) is 25.7 Å². The minimum Gasteiger partial charge on any atom is -0.383 e. The van der Waals surface area contributed by atoms with Gasteiger partial charge in [0.2, 0.25) is 0 Å². The van der Waals surface area contributed by atoms with Crippen LogP contribution in [-0.4, -0.2) is 56.5 Å². The molecule has 0 amide bonds. The Bertz CT molecular complexity index is 201. The van der Waals surface area contributed by atoms with Gasteiger partial charge >= 0.3 is 0 Å². The maximum Gasteiger partial charge on any atom is 0.0707 e. The molecule has 0 aromatic heterocycles. The van der Waals surface area contributed by atoms with E-state index in [-0.39, 0.29) is 0 Å². The van der Waals surface area contributed by atoms with Crippen molar-refractivity contribution in [2.75, 3.05) is 33.4 Å². The first-order valence-corrected chi connectivity index (χ1v) is 6.42. The molecule has 2 N–H and O–H groups in total. The fourth-order valence-electron chi connectivity index (χ4n) is 2.86. The van der Waals surface area contributed by atoms with Gasteiger partial charge in [-0.05, 0) is 32.2 Å². The lowest BCUT2D eigenvalue weighted by Gasteiger charge is -2.37. The van der Waals surface area contributed by atoms with Crippen molar-refractivity contribution < 1.29 is 9.47 Å². The van der Waals surface area contributed by atoms with E-state index in [9.17, 15) is 0 Å². The summed E-state index contributed by atoms with van der Waals surface area (Å²) in [7, 11) is 1.78. The second kappa shape index (κ2) is 5.96. The van der Waals surface area contributed by atoms with E-state index < -0.39 is 0 Å². The van der Waals surface area contributed by atoms with Gasteiger partial charge in [-0.1, -0.05) is 0 Å². The first kappa shape index (κ1) is 12.3. The minimum absolute atomic E-state index is 0.469. The number of nitrogens with two attached hydrogens (primary N) is 1. The summed E-state index contributed by atoms with van der Waals surface area (Å²) in [6.07, 6.45) is 5.63. The fraction of sp³-hybridized carbons (Fsp3) is 1.00. The lowest BCUT2D eigenvalue weighted by atomic mass is 10.1. The summed E-state index contributed by atoms with van der Waals surface area (Å²) in [5, 5.41) is 0. The van der Waals surface area contributed by atoms with Gasteiger partial charge in [0.25, 0.3) is 0 Å². The predicted molar refractivity (Wildman–Crippen MR) is 63.4 cm³/mol. The highest BCUT2D eigenvalue weighted by Crippen LogP contribution is 2.28. The van der Waals surface area contributed by atoms with Crippen LogP contribution in [0.4, 0.5) is 0 Å². The predicted octanol–water partition coefficient (Wildman–Crippen LogP) is 0.604. The van der Waals surface area contributed by atoms with Crippen LogP contribution in [0, 0.1) is 0 Å². The quantitative estimate of drug-likeness (QED) is 0.723. The van der Waals surface area contributed by atoms with Crippen molar-refractivity contribution >= 4 is 0 Å². The lowest BCUT2D eigenvalue weighted by Crippen LogP contribution is -2.49. The van der Waals surface area contributed by atoms with E-state index in [1.807, 2.05) is 0 Å². The molecule has 16 heavy (non-hydrogen) atoms. The first-order valence-electron chi connectivity index (χ1n) is 6.42. The number of ether oxygens (including phenoxy) is 2. The van der Waals surface area contributed by atoms with E-state index in [1.54, 1.807) is 7.11 Å². The average molecular weight is 228 g/mol. The molecule has 0 saturated carbocycles. The zero-order valence-corrected chi connectivity index (χ0v) is 10.2. The Labute approximate surface area is 98.1 Å². The van der Waals surface area contributed by atoms with Crippen molar-refractivity contribution in [1.82, 2.24) is 4.90 Å². The smallest absolute Gasteiger partial charge is 0.0707 e. The van der Waals surface area contributed by atoms with Crippen molar-refractivity contribution in [3.05, 3.63) is 0 Å². The Morgan fingerprint density at radius 2 is 2.06 bits per heavy atom. The molecular weight excluding hydrogens is 204 g/mol. The molecule has 4 heteroatoms. The Balaban J connectivity index is 1.86. The molecule has 2 saturated heterocycles. The normalized spacial score (nSPS) is 31.9. The van der Waals surface area contributed by atoms with Crippen molar-refractivity contribution in [3.8, 4) is 0 Å². The Morgan fingerprint density at radius 3 is 2.62 bits per heavy atom. The second-order valence-electron chi connectivity index (χ2n) is 4.95. The van der Waals surface area contributed by atoms with Crippen LogP contribution in [0.5, 0.6) is 0 Å². The zero-order valence-electron chi connectivity index (χ0n) is 10.2. The molecule has 2 bridgehead atoms. The van der Waals surface area contributed by atoms with E-state index in [0.717, 1.165) is 39.1 Å². The first-order chi connectivity index (χ1) is 7.83. The molecule has 2 aliphatic rings. The Kier molecular flexibility index (Phi) is 4.58. The van der Waals surface area contributed by atoms with Crippen LogP contribution >= 0.6 is 0 Å². The summed E-state index contributed by atoms with van der Waals surface area (Å²) in [4.78, 5) is 2.55. The second-order valence-corrected chi connectivity index (χ2v) is 4.95. The topological polar surface area (TPSA) is 47.7 Å². The largest absolute Gasteiger partial charge is 0.383 e. The maximum absolute atomic E-state index is 5.85. The number of rotatable bonds is 6. The highest BCUT2D eigenvalue weighted by molar-refractivity contribution is 4.88. The van der Waals surface area contributed by atoms with Crippen LogP contribution in [0.15, 0.2) is 0 Å². The molecule has 4 nitrogen and oxygen atoms in total. The van der Waals surface area contributed by atoms with Gasteiger partial charge in [0.05, 0.1) is 18.8 Å². The van der Waals surface area contributed by atoms with Crippen molar-refractivity contribution in [2.45, 2.75) is 43.9 Å². The van der Waals surface area contributed by atoms with Gasteiger partial charge in [-0.25, -0.2) is 0 Å². The molecule has 0 aliphatic carbocycles. The van der Waals surface area contributed by atoms with Crippen LogP contribution in [0.25, 0.3) is 0 Å². The van der Waals surface area contributed by atoms with Gasteiger partial charge in [0.1, 0.15) is 0 Å². The number of methoxy groups -OCH3 is 1. The highest BCUT2D eigenvalue weighted by Gasteiger charge is 2.36. The third kappa shape index (κ3) is 2.94. The summed E-state index contributed by atoms with van der Waals surface area (Å²) in [5.41, 5.74) is 5.59. The van der Waals surface area contributed by atoms with Crippen LogP contribution < -0.4 is 5.73 Å². The van der Waals surface area contributed by atoms with Crippen LogP contribution in [0.2, 0.25) is 0 Å². The number of fused-ring (bicyclic) bond motifs is 2.